The first-order chi connectivity index (χ1) is 23.2. The molecular weight excluding hydrogens is 596 g/mol. The van der Waals surface area contributed by atoms with Gasteiger partial charge in [0.2, 0.25) is 0 Å². The van der Waals surface area contributed by atoms with E-state index in [9.17, 15) is 9.59 Å². The molecule has 0 unspecified atom stereocenters. The molecule has 1 fully saturated rings. The maximum absolute atomic E-state index is 12.8. The van der Waals surface area contributed by atoms with Gasteiger partial charge in [-0.2, -0.15) is 0 Å². The third-order valence-corrected chi connectivity index (χ3v) is 9.10. The third kappa shape index (κ3) is 8.78. The number of ether oxygens (including phenoxy) is 3. The highest BCUT2D eigenvalue weighted by molar-refractivity contribution is 5.91. The molecule has 4 aromatic carbocycles. The fraction of sp³-hybridized carbons (Fsp3) is 0.302. The highest BCUT2D eigenvalue weighted by Crippen LogP contribution is 2.38. The minimum atomic E-state index is -0.515. The summed E-state index contributed by atoms with van der Waals surface area (Å²) in [7, 11) is 1.52. The molecule has 0 bridgehead atoms. The van der Waals surface area contributed by atoms with E-state index in [1.807, 2.05) is 12.1 Å². The normalized spacial score (nSPS) is 15.8. The summed E-state index contributed by atoms with van der Waals surface area (Å²) in [5, 5.41) is 0. The molecule has 0 saturated heterocycles. The molecule has 0 heterocycles. The van der Waals surface area contributed by atoms with E-state index in [1.54, 1.807) is 6.92 Å². The van der Waals surface area contributed by atoms with Crippen molar-refractivity contribution in [2.75, 3.05) is 13.7 Å². The fourth-order valence-corrected chi connectivity index (χ4v) is 6.23. The van der Waals surface area contributed by atoms with Crippen molar-refractivity contribution >= 4 is 11.9 Å². The summed E-state index contributed by atoms with van der Waals surface area (Å²) in [5.41, 5.74) is 9.50. The second-order valence-electron chi connectivity index (χ2n) is 12.8. The van der Waals surface area contributed by atoms with E-state index in [4.69, 9.17) is 14.2 Å². The first-order valence-electron chi connectivity index (χ1n) is 16.9. The molecule has 0 spiro atoms. The monoisotopic (exact) mass is 642 g/mol. The lowest BCUT2D eigenvalue weighted by atomic mass is 9.82. The fourth-order valence-electron chi connectivity index (χ4n) is 6.23. The number of unbranched alkanes of at least 4 members (excludes halogenated alkanes) is 1. The number of esters is 2. The van der Waals surface area contributed by atoms with Crippen molar-refractivity contribution in [3.05, 3.63) is 126 Å². The Morgan fingerprint density at radius 3 is 1.90 bits per heavy atom. The van der Waals surface area contributed by atoms with Crippen LogP contribution < -0.4 is 4.74 Å². The third-order valence-electron chi connectivity index (χ3n) is 9.10. The van der Waals surface area contributed by atoms with Crippen molar-refractivity contribution in [1.29, 1.82) is 0 Å². The molecule has 1 saturated carbocycles. The van der Waals surface area contributed by atoms with Crippen LogP contribution in [-0.2, 0) is 25.5 Å². The van der Waals surface area contributed by atoms with E-state index in [1.165, 1.54) is 36.6 Å². The SMILES string of the molecule is C=C(C)C(=O)OC1CCC(c2ccc(-c3ccc(OC(=O)C(=C)COC)c(-c4ccc(-c5ccc(CCCC)cc5)cc4)c3)cc2)CC1. The Bertz CT molecular complexity index is 1720. The molecule has 0 N–H and O–H groups in total. The summed E-state index contributed by atoms with van der Waals surface area (Å²) in [5.74, 6) is 0.0857. The molecule has 5 rings (SSSR count). The van der Waals surface area contributed by atoms with E-state index < -0.39 is 5.97 Å². The van der Waals surface area contributed by atoms with Crippen LogP contribution in [0.4, 0.5) is 0 Å². The molecule has 0 aromatic heterocycles. The van der Waals surface area contributed by atoms with E-state index in [0.29, 0.717) is 17.2 Å². The summed E-state index contributed by atoms with van der Waals surface area (Å²) in [6.45, 7) is 11.5. The van der Waals surface area contributed by atoms with Crippen LogP contribution >= 0.6 is 0 Å². The lowest BCUT2D eigenvalue weighted by molar-refractivity contribution is -0.145. The highest BCUT2D eigenvalue weighted by Gasteiger charge is 2.25. The van der Waals surface area contributed by atoms with Crippen molar-refractivity contribution in [2.24, 2.45) is 0 Å². The van der Waals surface area contributed by atoms with Crippen LogP contribution in [0.5, 0.6) is 5.75 Å². The van der Waals surface area contributed by atoms with Crippen LogP contribution in [0.2, 0.25) is 0 Å². The second-order valence-corrected chi connectivity index (χ2v) is 12.8. The number of methoxy groups -OCH3 is 1. The predicted molar refractivity (Wildman–Crippen MR) is 194 cm³/mol. The minimum absolute atomic E-state index is 0.0346. The van der Waals surface area contributed by atoms with Gasteiger partial charge < -0.3 is 14.2 Å². The van der Waals surface area contributed by atoms with Crippen molar-refractivity contribution in [1.82, 2.24) is 0 Å². The zero-order valence-electron chi connectivity index (χ0n) is 28.4. The average Bonchev–Trinajstić information content (AvgIpc) is 3.11. The van der Waals surface area contributed by atoms with Gasteiger partial charge in [-0.15, -0.1) is 0 Å². The molecule has 4 aromatic rings. The van der Waals surface area contributed by atoms with Gasteiger partial charge in [-0.25, -0.2) is 9.59 Å². The molecule has 0 radical (unpaired) electrons. The van der Waals surface area contributed by atoms with Crippen LogP contribution in [0, 0.1) is 0 Å². The average molecular weight is 643 g/mol. The van der Waals surface area contributed by atoms with Gasteiger partial charge in [0.25, 0.3) is 0 Å². The molecule has 5 heteroatoms. The zero-order chi connectivity index (χ0) is 34.0. The maximum Gasteiger partial charge on any atom is 0.341 e. The van der Waals surface area contributed by atoms with Crippen LogP contribution in [0.15, 0.2) is 115 Å². The number of carbonyl (C=O) groups is 2. The van der Waals surface area contributed by atoms with Crippen LogP contribution in [-0.4, -0.2) is 31.8 Å². The zero-order valence-corrected chi connectivity index (χ0v) is 28.4. The minimum Gasteiger partial charge on any atom is -0.459 e. The van der Waals surface area contributed by atoms with E-state index in [-0.39, 0.29) is 24.3 Å². The molecule has 5 nitrogen and oxygen atoms in total. The van der Waals surface area contributed by atoms with E-state index >= 15 is 0 Å². The molecule has 1 aliphatic carbocycles. The lowest BCUT2D eigenvalue weighted by Crippen LogP contribution is -2.24. The molecule has 0 atom stereocenters. The van der Waals surface area contributed by atoms with Gasteiger partial charge in [0.1, 0.15) is 11.9 Å². The van der Waals surface area contributed by atoms with E-state index in [0.717, 1.165) is 59.9 Å². The predicted octanol–water partition coefficient (Wildman–Crippen LogP) is 10.3. The summed E-state index contributed by atoms with van der Waals surface area (Å²) in [6, 6.07) is 31.8. The van der Waals surface area contributed by atoms with Gasteiger partial charge in [0.05, 0.1) is 12.2 Å². The first kappa shape index (κ1) is 34.6. The van der Waals surface area contributed by atoms with Crippen molar-refractivity contribution in [2.45, 2.75) is 70.8 Å². The number of hydrogen-bond donors (Lipinski definition) is 0. The Kier molecular flexibility index (Phi) is 11.8. The van der Waals surface area contributed by atoms with Gasteiger partial charge in [-0.1, -0.05) is 105 Å². The van der Waals surface area contributed by atoms with Crippen LogP contribution in [0.1, 0.15) is 69.4 Å². The Hall–Kier alpha value is -4.74. The van der Waals surface area contributed by atoms with Gasteiger partial charge in [-0.05, 0) is 102 Å². The molecule has 0 aliphatic heterocycles. The number of hydrogen-bond acceptors (Lipinski definition) is 5. The summed E-state index contributed by atoms with van der Waals surface area (Å²) >= 11 is 0. The molecule has 48 heavy (non-hydrogen) atoms. The quantitative estimate of drug-likeness (QED) is 0.0825. The number of rotatable bonds is 13. The van der Waals surface area contributed by atoms with Gasteiger partial charge in [0.15, 0.2) is 0 Å². The highest BCUT2D eigenvalue weighted by atomic mass is 16.5. The van der Waals surface area contributed by atoms with Gasteiger partial charge in [0, 0.05) is 18.2 Å². The Morgan fingerprint density at radius 2 is 1.29 bits per heavy atom. The van der Waals surface area contributed by atoms with Gasteiger partial charge in [-0.3, -0.25) is 0 Å². The largest absolute Gasteiger partial charge is 0.459 e. The number of aryl methyl sites for hydroxylation is 1. The Morgan fingerprint density at radius 1 is 0.729 bits per heavy atom. The van der Waals surface area contributed by atoms with Crippen LogP contribution in [0.25, 0.3) is 33.4 Å². The standard InChI is InChI=1S/C43H46O5/c1-6-7-8-31-9-11-32(12-10-31)34-17-19-37(20-18-34)40-27-38(23-26-41(40)48-43(45)30(4)28-46-5)36-15-13-33(14-16-36)35-21-24-39(25-22-35)47-42(44)29(2)3/h9-20,23,26-27,35,39H,2,4,6-8,21-22,24-25,28H2,1,3,5H3. The van der Waals surface area contributed by atoms with Gasteiger partial charge >= 0.3 is 11.9 Å². The second kappa shape index (κ2) is 16.4. The van der Waals surface area contributed by atoms with E-state index in [2.05, 4.69) is 98.9 Å². The molecular formula is C43H46O5. The summed E-state index contributed by atoms with van der Waals surface area (Å²) < 4.78 is 16.5. The lowest BCUT2D eigenvalue weighted by Gasteiger charge is -2.28. The summed E-state index contributed by atoms with van der Waals surface area (Å²) in [6.07, 6.45) is 7.11. The first-order valence-corrected chi connectivity index (χ1v) is 16.9. The number of carbonyl (C=O) groups excluding carboxylic acids is 2. The van der Waals surface area contributed by atoms with Crippen molar-refractivity contribution < 1.29 is 23.8 Å². The Labute approximate surface area is 285 Å². The van der Waals surface area contributed by atoms with Crippen LogP contribution in [0.3, 0.4) is 0 Å². The maximum atomic E-state index is 12.8. The molecule has 0 amide bonds. The number of benzene rings is 4. The topological polar surface area (TPSA) is 61.8 Å². The Balaban J connectivity index is 1.36. The molecule has 248 valence electrons. The molecule has 1 aliphatic rings. The van der Waals surface area contributed by atoms with Crippen molar-refractivity contribution in [3.8, 4) is 39.1 Å². The van der Waals surface area contributed by atoms with Crippen molar-refractivity contribution in [3.63, 3.8) is 0 Å². The smallest absolute Gasteiger partial charge is 0.341 e. The summed E-state index contributed by atoms with van der Waals surface area (Å²) in [4.78, 5) is 24.8.